The maximum absolute atomic E-state index is 12.4. The van der Waals surface area contributed by atoms with Gasteiger partial charge in [-0.25, -0.2) is 0 Å². The first kappa shape index (κ1) is 17.7. The normalized spacial score (nSPS) is 24.4. The van der Waals surface area contributed by atoms with E-state index in [0.29, 0.717) is 11.0 Å². The van der Waals surface area contributed by atoms with E-state index in [1.807, 2.05) is 11.0 Å². The van der Waals surface area contributed by atoms with Gasteiger partial charge in [-0.2, -0.15) is 0 Å². The van der Waals surface area contributed by atoms with Gasteiger partial charge in [-0.15, -0.1) is 24.8 Å². The second kappa shape index (κ2) is 7.07. The summed E-state index contributed by atoms with van der Waals surface area (Å²) in [5.41, 5.74) is 1.00. The highest BCUT2D eigenvalue weighted by molar-refractivity contribution is 9.10. The van der Waals surface area contributed by atoms with E-state index in [1.165, 1.54) is 6.42 Å². The van der Waals surface area contributed by atoms with Gasteiger partial charge in [-0.1, -0.05) is 0 Å². The van der Waals surface area contributed by atoms with Crippen LogP contribution in [0.2, 0.25) is 0 Å². The molecule has 1 aromatic rings. The lowest BCUT2D eigenvalue weighted by Gasteiger charge is -2.22. The molecule has 1 N–H and O–H groups in total. The molecule has 1 unspecified atom stereocenters. The molecule has 3 heterocycles. The van der Waals surface area contributed by atoms with Crippen LogP contribution in [0.15, 0.2) is 22.9 Å². The van der Waals surface area contributed by atoms with Crippen LogP contribution in [0.5, 0.6) is 0 Å². The number of carbonyl (C=O) groups is 1. The van der Waals surface area contributed by atoms with E-state index >= 15 is 0 Å². The minimum absolute atomic E-state index is 0. The predicted molar refractivity (Wildman–Crippen MR) is 86.9 cm³/mol. The van der Waals surface area contributed by atoms with Gasteiger partial charge in [0.1, 0.15) is 0 Å². The molecule has 2 fully saturated rings. The fraction of sp³-hybridized carbons (Fsp3) is 0.538. The second-order valence-corrected chi connectivity index (χ2v) is 6.21. The van der Waals surface area contributed by atoms with Gasteiger partial charge in [0.25, 0.3) is 5.91 Å². The summed E-state index contributed by atoms with van der Waals surface area (Å²) in [4.78, 5) is 18.4. The Balaban J connectivity index is 0.000001000. The molecule has 1 atom stereocenters. The molecular weight excluding hydrogens is 365 g/mol. The van der Waals surface area contributed by atoms with Crippen LogP contribution in [0.4, 0.5) is 0 Å². The number of halogens is 3. The minimum Gasteiger partial charge on any atom is -0.338 e. The summed E-state index contributed by atoms with van der Waals surface area (Å²) >= 11 is 3.36. The van der Waals surface area contributed by atoms with Crippen molar-refractivity contribution in [1.82, 2.24) is 15.2 Å². The third-order valence-corrected chi connectivity index (χ3v) is 4.44. The highest BCUT2D eigenvalue weighted by atomic mass is 79.9. The fourth-order valence-corrected chi connectivity index (χ4v) is 3.33. The Kier molecular flexibility index (Phi) is 6.25. The zero-order valence-corrected chi connectivity index (χ0v) is 14.2. The first-order valence-electron chi connectivity index (χ1n) is 6.29. The number of likely N-dealkylation sites (tertiary alicyclic amines) is 1. The summed E-state index contributed by atoms with van der Waals surface area (Å²) in [5, 5.41) is 3.41. The van der Waals surface area contributed by atoms with Crippen LogP contribution in [-0.2, 0) is 0 Å². The molecular formula is C13H18BrCl2N3O. The molecule has 0 saturated carbocycles. The standard InChI is InChI=1S/C13H16BrN3O.2ClH/c14-11-5-10(6-16-7-11)12(18)17-4-2-13(9-17)1-3-15-8-13;;/h5-7,15H,1-4,8-9H2;2*1H. The predicted octanol–water partition coefficient (Wildman–Crippen LogP) is 2.51. The quantitative estimate of drug-likeness (QED) is 0.811. The monoisotopic (exact) mass is 381 g/mol. The van der Waals surface area contributed by atoms with Crippen molar-refractivity contribution in [1.29, 1.82) is 0 Å². The van der Waals surface area contributed by atoms with Crippen LogP contribution in [0.3, 0.4) is 0 Å². The van der Waals surface area contributed by atoms with Gasteiger partial charge in [-0.05, 0) is 41.4 Å². The van der Waals surface area contributed by atoms with Crippen molar-refractivity contribution < 1.29 is 4.79 Å². The van der Waals surface area contributed by atoms with Crippen LogP contribution in [0, 0.1) is 5.41 Å². The maximum Gasteiger partial charge on any atom is 0.255 e. The molecule has 1 amide bonds. The third-order valence-electron chi connectivity index (χ3n) is 4.01. The Morgan fingerprint density at radius 3 is 2.80 bits per heavy atom. The molecule has 2 aliphatic rings. The molecule has 1 spiro atoms. The van der Waals surface area contributed by atoms with Crippen molar-refractivity contribution >= 4 is 46.7 Å². The number of pyridine rings is 1. The Hall–Kier alpha value is -0.360. The molecule has 0 bridgehead atoms. The van der Waals surface area contributed by atoms with Gasteiger partial charge in [0.05, 0.1) is 5.56 Å². The van der Waals surface area contributed by atoms with E-state index in [-0.39, 0.29) is 30.7 Å². The van der Waals surface area contributed by atoms with E-state index in [1.54, 1.807) is 12.4 Å². The zero-order chi connectivity index (χ0) is 12.6. The second-order valence-electron chi connectivity index (χ2n) is 5.30. The average molecular weight is 383 g/mol. The van der Waals surface area contributed by atoms with Gasteiger partial charge in [0.15, 0.2) is 0 Å². The third kappa shape index (κ3) is 3.45. The van der Waals surface area contributed by atoms with Crippen molar-refractivity contribution in [3.63, 3.8) is 0 Å². The molecule has 2 saturated heterocycles. The molecule has 0 aromatic carbocycles. The summed E-state index contributed by atoms with van der Waals surface area (Å²) in [6.07, 6.45) is 5.65. The van der Waals surface area contributed by atoms with Crippen molar-refractivity contribution in [3.8, 4) is 0 Å². The van der Waals surface area contributed by atoms with Crippen molar-refractivity contribution in [2.45, 2.75) is 12.8 Å². The molecule has 20 heavy (non-hydrogen) atoms. The van der Waals surface area contributed by atoms with Crippen LogP contribution >= 0.6 is 40.7 Å². The molecule has 0 radical (unpaired) electrons. The largest absolute Gasteiger partial charge is 0.338 e. The van der Waals surface area contributed by atoms with Gasteiger partial charge >= 0.3 is 0 Å². The molecule has 3 rings (SSSR count). The topological polar surface area (TPSA) is 45.2 Å². The first-order valence-corrected chi connectivity index (χ1v) is 7.08. The lowest BCUT2D eigenvalue weighted by molar-refractivity contribution is 0.0775. The van der Waals surface area contributed by atoms with E-state index < -0.39 is 0 Å². The first-order chi connectivity index (χ1) is 8.69. The summed E-state index contributed by atoms with van der Waals surface area (Å²) in [6, 6.07) is 1.84. The highest BCUT2D eigenvalue weighted by Crippen LogP contribution is 2.36. The molecule has 4 nitrogen and oxygen atoms in total. The Morgan fingerprint density at radius 1 is 1.35 bits per heavy atom. The summed E-state index contributed by atoms with van der Waals surface area (Å²) in [6.45, 7) is 3.88. The van der Waals surface area contributed by atoms with Gasteiger partial charge < -0.3 is 10.2 Å². The van der Waals surface area contributed by atoms with Crippen LogP contribution in [-0.4, -0.2) is 42.0 Å². The smallest absolute Gasteiger partial charge is 0.255 e. The summed E-state index contributed by atoms with van der Waals surface area (Å²) in [5.74, 6) is 0.104. The van der Waals surface area contributed by atoms with Crippen molar-refractivity contribution in [2.24, 2.45) is 5.41 Å². The zero-order valence-electron chi connectivity index (χ0n) is 11.0. The number of hydrogen-bond donors (Lipinski definition) is 1. The van der Waals surface area contributed by atoms with E-state index in [9.17, 15) is 4.79 Å². The van der Waals surface area contributed by atoms with Crippen molar-refractivity contribution in [2.75, 3.05) is 26.2 Å². The van der Waals surface area contributed by atoms with E-state index in [4.69, 9.17) is 0 Å². The Bertz CT molecular complexity index is 480. The number of nitrogens with one attached hydrogen (secondary N) is 1. The minimum atomic E-state index is 0. The number of hydrogen-bond acceptors (Lipinski definition) is 3. The molecule has 1 aromatic heterocycles. The SMILES string of the molecule is Cl.Cl.O=C(c1cncc(Br)c1)N1CCC2(CCNC2)C1. The average Bonchev–Trinajstić information content (AvgIpc) is 3.00. The van der Waals surface area contributed by atoms with Crippen LogP contribution in [0.1, 0.15) is 23.2 Å². The van der Waals surface area contributed by atoms with E-state index in [2.05, 4.69) is 26.2 Å². The van der Waals surface area contributed by atoms with Gasteiger partial charge in [0.2, 0.25) is 0 Å². The number of amides is 1. The van der Waals surface area contributed by atoms with Gasteiger partial charge in [0, 0.05) is 41.9 Å². The Morgan fingerprint density at radius 2 is 2.15 bits per heavy atom. The number of rotatable bonds is 1. The van der Waals surface area contributed by atoms with Crippen LogP contribution in [0.25, 0.3) is 0 Å². The maximum atomic E-state index is 12.4. The summed E-state index contributed by atoms with van der Waals surface area (Å²) in [7, 11) is 0. The lowest BCUT2D eigenvalue weighted by Crippen LogP contribution is -2.33. The highest BCUT2D eigenvalue weighted by Gasteiger charge is 2.41. The number of nitrogens with zero attached hydrogens (tertiary/aromatic N) is 2. The Labute approximate surface area is 139 Å². The lowest BCUT2D eigenvalue weighted by atomic mass is 9.86. The van der Waals surface area contributed by atoms with E-state index in [0.717, 1.165) is 37.1 Å². The molecule has 7 heteroatoms. The molecule has 2 aliphatic heterocycles. The van der Waals surface area contributed by atoms with Crippen molar-refractivity contribution in [3.05, 3.63) is 28.5 Å². The summed E-state index contributed by atoms with van der Waals surface area (Å²) < 4.78 is 0.852. The number of aromatic nitrogens is 1. The van der Waals surface area contributed by atoms with Crippen LogP contribution < -0.4 is 5.32 Å². The molecule has 112 valence electrons. The van der Waals surface area contributed by atoms with Gasteiger partial charge in [-0.3, -0.25) is 9.78 Å². The fourth-order valence-electron chi connectivity index (χ4n) is 2.96. The molecule has 0 aliphatic carbocycles. The number of carbonyl (C=O) groups excluding carboxylic acids is 1.